The van der Waals surface area contributed by atoms with E-state index in [-0.39, 0.29) is 5.91 Å². The molecule has 0 atom stereocenters. The topological polar surface area (TPSA) is 66.9 Å². The summed E-state index contributed by atoms with van der Waals surface area (Å²) in [6, 6.07) is 7.22. The van der Waals surface area contributed by atoms with Gasteiger partial charge in [-0.05, 0) is 37.1 Å². The second kappa shape index (κ2) is 6.14. The lowest BCUT2D eigenvalue weighted by atomic mass is 10.2. The number of nitrogens with one attached hydrogen (secondary N) is 2. The zero-order valence-electron chi connectivity index (χ0n) is 11.9. The van der Waals surface area contributed by atoms with Crippen LogP contribution in [0, 0.1) is 6.92 Å². The second-order valence-electron chi connectivity index (χ2n) is 4.51. The highest BCUT2D eigenvalue weighted by atomic mass is 16.1. The molecule has 2 aromatic heterocycles. The van der Waals surface area contributed by atoms with Gasteiger partial charge in [0.2, 0.25) is 0 Å². The minimum absolute atomic E-state index is 0.185. The van der Waals surface area contributed by atoms with Gasteiger partial charge in [-0.15, -0.1) is 0 Å². The van der Waals surface area contributed by atoms with Crippen LogP contribution in [0.25, 0.3) is 0 Å². The van der Waals surface area contributed by atoms with Crippen molar-refractivity contribution in [3.8, 4) is 0 Å². The number of hydrogen-bond donors (Lipinski definition) is 2. The summed E-state index contributed by atoms with van der Waals surface area (Å²) >= 11 is 0. The maximum Gasteiger partial charge on any atom is 0.257 e. The van der Waals surface area contributed by atoms with E-state index in [2.05, 4.69) is 20.6 Å². The maximum absolute atomic E-state index is 12.2. The number of hydrogen-bond acceptors (Lipinski definition) is 4. The summed E-state index contributed by atoms with van der Waals surface area (Å²) < 4.78 is 0. The van der Waals surface area contributed by atoms with Gasteiger partial charge in [0, 0.05) is 24.5 Å². The third-order valence-corrected chi connectivity index (χ3v) is 2.91. The first kappa shape index (κ1) is 14.0. The van der Waals surface area contributed by atoms with Gasteiger partial charge in [-0.25, -0.2) is 9.97 Å². The lowest BCUT2D eigenvalue weighted by Gasteiger charge is -2.08. The summed E-state index contributed by atoms with van der Waals surface area (Å²) in [4.78, 5) is 20.8. The van der Waals surface area contributed by atoms with Crippen LogP contribution in [0.3, 0.4) is 0 Å². The molecule has 5 heteroatoms. The van der Waals surface area contributed by atoms with E-state index in [1.165, 1.54) is 0 Å². The van der Waals surface area contributed by atoms with Crippen LogP contribution in [0.5, 0.6) is 0 Å². The van der Waals surface area contributed by atoms with Gasteiger partial charge in [-0.1, -0.05) is 13.0 Å². The van der Waals surface area contributed by atoms with E-state index in [1.54, 1.807) is 31.4 Å². The zero-order chi connectivity index (χ0) is 14.5. The summed E-state index contributed by atoms with van der Waals surface area (Å²) in [5.74, 6) is 1.04. The van der Waals surface area contributed by atoms with E-state index in [0.717, 1.165) is 17.7 Å². The van der Waals surface area contributed by atoms with E-state index in [0.29, 0.717) is 17.2 Å². The van der Waals surface area contributed by atoms with Crippen molar-refractivity contribution in [3.05, 3.63) is 47.3 Å². The van der Waals surface area contributed by atoms with Crippen molar-refractivity contribution in [3.63, 3.8) is 0 Å². The van der Waals surface area contributed by atoms with Crippen LogP contribution in [0.4, 0.5) is 11.6 Å². The standard InChI is InChI=1S/C15H18N4O/c1-4-12-7-11(8-14(16-3)18-12)15(20)19-13-6-5-10(2)9-17-13/h5-9H,4H2,1-3H3,(H,16,18)(H,17,19,20). The number of amides is 1. The molecule has 1 amide bonds. The highest BCUT2D eigenvalue weighted by Gasteiger charge is 2.10. The summed E-state index contributed by atoms with van der Waals surface area (Å²) in [5.41, 5.74) is 2.50. The van der Waals surface area contributed by atoms with Gasteiger partial charge in [-0.3, -0.25) is 4.79 Å². The fourth-order valence-corrected chi connectivity index (χ4v) is 1.76. The van der Waals surface area contributed by atoms with Crippen LogP contribution in [-0.2, 0) is 6.42 Å². The first-order chi connectivity index (χ1) is 9.62. The minimum atomic E-state index is -0.185. The van der Waals surface area contributed by atoms with Crippen molar-refractivity contribution in [2.45, 2.75) is 20.3 Å². The number of aromatic nitrogens is 2. The van der Waals surface area contributed by atoms with Gasteiger partial charge < -0.3 is 10.6 Å². The highest BCUT2D eigenvalue weighted by Crippen LogP contribution is 2.13. The quantitative estimate of drug-likeness (QED) is 0.896. The van der Waals surface area contributed by atoms with Crippen molar-refractivity contribution >= 4 is 17.5 Å². The molecule has 0 aromatic carbocycles. The molecule has 104 valence electrons. The van der Waals surface area contributed by atoms with Crippen molar-refractivity contribution in [1.82, 2.24) is 9.97 Å². The van der Waals surface area contributed by atoms with Gasteiger partial charge in [0.1, 0.15) is 11.6 Å². The normalized spacial score (nSPS) is 10.2. The highest BCUT2D eigenvalue weighted by molar-refractivity contribution is 6.04. The fraction of sp³-hybridized carbons (Fsp3) is 0.267. The summed E-state index contributed by atoms with van der Waals surface area (Å²) in [6.45, 7) is 3.96. The molecule has 0 aliphatic rings. The first-order valence-electron chi connectivity index (χ1n) is 6.55. The number of carbonyl (C=O) groups is 1. The Balaban J connectivity index is 2.22. The average Bonchev–Trinajstić information content (AvgIpc) is 2.48. The van der Waals surface area contributed by atoms with Crippen molar-refractivity contribution in [2.75, 3.05) is 17.7 Å². The summed E-state index contributed by atoms with van der Waals surface area (Å²) in [7, 11) is 1.78. The largest absolute Gasteiger partial charge is 0.373 e. The molecule has 0 fully saturated rings. The van der Waals surface area contributed by atoms with Crippen molar-refractivity contribution < 1.29 is 4.79 Å². The van der Waals surface area contributed by atoms with Gasteiger partial charge in [0.15, 0.2) is 0 Å². The predicted molar refractivity (Wildman–Crippen MR) is 80.1 cm³/mol. The van der Waals surface area contributed by atoms with Crippen LogP contribution in [0.2, 0.25) is 0 Å². The molecule has 2 N–H and O–H groups in total. The van der Waals surface area contributed by atoms with Crippen LogP contribution in [0.15, 0.2) is 30.5 Å². The van der Waals surface area contributed by atoms with Gasteiger partial charge in [0.25, 0.3) is 5.91 Å². The third kappa shape index (κ3) is 3.32. The van der Waals surface area contributed by atoms with Crippen LogP contribution < -0.4 is 10.6 Å². The number of pyridine rings is 2. The Hall–Kier alpha value is -2.43. The minimum Gasteiger partial charge on any atom is -0.373 e. The number of rotatable bonds is 4. The molecule has 0 aliphatic heterocycles. The molecule has 0 spiro atoms. The average molecular weight is 270 g/mol. The molecule has 2 heterocycles. The Labute approximate surface area is 118 Å². The van der Waals surface area contributed by atoms with Gasteiger partial charge in [-0.2, -0.15) is 0 Å². The Morgan fingerprint density at radius 2 is 2.05 bits per heavy atom. The Bertz CT molecular complexity index is 586. The number of anilines is 2. The summed E-state index contributed by atoms with van der Waals surface area (Å²) in [6.07, 6.45) is 2.50. The van der Waals surface area contributed by atoms with E-state index in [1.807, 2.05) is 19.9 Å². The first-order valence-corrected chi connectivity index (χ1v) is 6.55. The van der Waals surface area contributed by atoms with Crippen molar-refractivity contribution in [2.24, 2.45) is 0 Å². The Kier molecular flexibility index (Phi) is 4.30. The van der Waals surface area contributed by atoms with E-state index < -0.39 is 0 Å². The van der Waals surface area contributed by atoms with Crippen LogP contribution in [-0.4, -0.2) is 22.9 Å². The maximum atomic E-state index is 12.2. The Morgan fingerprint density at radius 1 is 1.25 bits per heavy atom. The lowest BCUT2D eigenvalue weighted by molar-refractivity contribution is 0.102. The molecule has 0 unspecified atom stereocenters. The lowest BCUT2D eigenvalue weighted by Crippen LogP contribution is -2.14. The van der Waals surface area contributed by atoms with E-state index >= 15 is 0 Å². The number of nitrogens with zero attached hydrogens (tertiary/aromatic N) is 2. The number of carbonyl (C=O) groups excluding carboxylic acids is 1. The SMILES string of the molecule is CCc1cc(C(=O)Nc2ccc(C)cn2)cc(NC)n1. The molecule has 5 nitrogen and oxygen atoms in total. The van der Waals surface area contributed by atoms with E-state index in [9.17, 15) is 4.79 Å². The zero-order valence-corrected chi connectivity index (χ0v) is 11.9. The van der Waals surface area contributed by atoms with Crippen molar-refractivity contribution in [1.29, 1.82) is 0 Å². The molecular weight excluding hydrogens is 252 g/mol. The molecule has 0 radical (unpaired) electrons. The Morgan fingerprint density at radius 3 is 2.65 bits per heavy atom. The molecular formula is C15H18N4O. The molecule has 20 heavy (non-hydrogen) atoms. The third-order valence-electron chi connectivity index (χ3n) is 2.91. The second-order valence-corrected chi connectivity index (χ2v) is 4.51. The van der Waals surface area contributed by atoms with Gasteiger partial charge in [0.05, 0.1) is 0 Å². The van der Waals surface area contributed by atoms with Crippen LogP contribution >= 0.6 is 0 Å². The monoisotopic (exact) mass is 270 g/mol. The molecule has 0 saturated carbocycles. The van der Waals surface area contributed by atoms with E-state index in [4.69, 9.17) is 0 Å². The van der Waals surface area contributed by atoms with Crippen LogP contribution in [0.1, 0.15) is 28.5 Å². The molecule has 2 aromatic rings. The molecule has 0 saturated heterocycles. The van der Waals surface area contributed by atoms with Gasteiger partial charge >= 0.3 is 0 Å². The molecule has 2 rings (SSSR count). The molecule has 0 bridgehead atoms. The summed E-state index contributed by atoms with van der Waals surface area (Å²) in [5, 5.41) is 5.74. The predicted octanol–water partition coefficient (Wildman–Crippen LogP) is 2.64. The smallest absolute Gasteiger partial charge is 0.257 e. The number of aryl methyl sites for hydroxylation is 2. The fourth-order valence-electron chi connectivity index (χ4n) is 1.76. The molecule has 0 aliphatic carbocycles.